The quantitative estimate of drug-likeness (QED) is 0.847. The number of benzene rings is 1. The summed E-state index contributed by atoms with van der Waals surface area (Å²) in [6.45, 7) is 0. The molecule has 0 radical (unpaired) electrons. The Morgan fingerprint density at radius 1 is 1.24 bits per heavy atom. The number of rotatable bonds is 1. The molecule has 0 unspecified atom stereocenters. The van der Waals surface area contributed by atoms with E-state index in [0.29, 0.717) is 12.0 Å². The summed E-state index contributed by atoms with van der Waals surface area (Å²) in [6.07, 6.45) is 4.54. The maximum Gasteiger partial charge on any atom is 0.110 e. The standard InChI is InChI=1S/C13H16BrN3/c14-9-3-6-11-12(7-9)17-13(16-11)8-1-4-10(15)5-2-8/h3,6-8,10H,1-2,4-5,15H2,(H,16,17). The molecule has 3 nitrogen and oxygen atoms in total. The second kappa shape index (κ2) is 4.42. The third kappa shape index (κ3) is 2.24. The van der Waals surface area contributed by atoms with Crippen molar-refractivity contribution in [3.05, 3.63) is 28.5 Å². The number of nitrogens with zero attached hydrogens (tertiary/aromatic N) is 1. The zero-order valence-electron chi connectivity index (χ0n) is 9.62. The molecule has 90 valence electrons. The van der Waals surface area contributed by atoms with E-state index in [1.165, 1.54) is 0 Å². The Labute approximate surface area is 109 Å². The summed E-state index contributed by atoms with van der Waals surface area (Å²) in [5.41, 5.74) is 8.10. The molecule has 4 heteroatoms. The lowest BCUT2D eigenvalue weighted by molar-refractivity contribution is 0.386. The molecule has 2 aromatic rings. The maximum atomic E-state index is 5.93. The van der Waals surface area contributed by atoms with Gasteiger partial charge >= 0.3 is 0 Å². The van der Waals surface area contributed by atoms with Crippen LogP contribution in [0.3, 0.4) is 0 Å². The minimum Gasteiger partial charge on any atom is -0.342 e. The van der Waals surface area contributed by atoms with E-state index in [1.807, 2.05) is 12.1 Å². The van der Waals surface area contributed by atoms with Crippen molar-refractivity contribution in [1.82, 2.24) is 9.97 Å². The largest absolute Gasteiger partial charge is 0.342 e. The summed E-state index contributed by atoms with van der Waals surface area (Å²) in [5.74, 6) is 1.69. The van der Waals surface area contributed by atoms with Gasteiger partial charge in [-0.25, -0.2) is 4.98 Å². The first-order valence-electron chi connectivity index (χ1n) is 6.13. The molecule has 0 spiro atoms. The summed E-state index contributed by atoms with van der Waals surface area (Å²) >= 11 is 3.48. The minimum absolute atomic E-state index is 0.393. The summed E-state index contributed by atoms with van der Waals surface area (Å²) < 4.78 is 1.09. The van der Waals surface area contributed by atoms with Crippen LogP contribution in [0.4, 0.5) is 0 Å². The molecule has 17 heavy (non-hydrogen) atoms. The minimum atomic E-state index is 0.393. The van der Waals surface area contributed by atoms with Gasteiger partial charge in [0.25, 0.3) is 0 Å². The van der Waals surface area contributed by atoms with Gasteiger partial charge < -0.3 is 10.7 Å². The molecular weight excluding hydrogens is 278 g/mol. The van der Waals surface area contributed by atoms with Crippen molar-refractivity contribution in [3.8, 4) is 0 Å². The molecule has 0 saturated heterocycles. The third-order valence-electron chi connectivity index (χ3n) is 3.62. The Kier molecular flexibility index (Phi) is 2.92. The fourth-order valence-electron chi connectivity index (χ4n) is 2.59. The zero-order chi connectivity index (χ0) is 11.8. The van der Waals surface area contributed by atoms with Gasteiger partial charge in [-0.05, 0) is 43.9 Å². The van der Waals surface area contributed by atoms with Crippen molar-refractivity contribution >= 4 is 27.0 Å². The van der Waals surface area contributed by atoms with Crippen LogP contribution >= 0.6 is 15.9 Å². The van der Waals surface area contributed by atoms with Gasteiger partial charge in [-0.1, -0.05) is 15.9 Å². The number of hydrogen-bond acceptors (Lipinski definition) is 2. The number of aromatic nitrogens is 2. The SMILES string of the molecule is NC1CCC(c2nc3ccc(Br)cc3[nH]2)CC1. The van der Waals surface area contributed by atoms with Crippen molar-refractivity contribution in [1.29, 1.82) is 0 Å². The molecule has 1 fully saturated rings. The predicted molar refractivity (Wildman–Crippen MR) is 73.0 cm³/mol. The topological polar surface area (TPSA) is 54.7 Å². The van der Waals surface area contributed by atoms with Crippen molar-refractivity contribution in [2.45, 2.75) is 37.6 Å². The van der Waals surface area contributed by atoms with Gasteiger partial charge in [-0.2, -0.15) is 0 Å². The maximum absolute atomic E-state index is 5.93. The van der Waals surface area contributed by atoms with Gasteiger partial charge in [0.1, 0.15) is 5.82 Å². The number of nitrogens with one attached hydrogen (secondary N) is 1. The summed E-state index contributed by atoms with van der Waals surface area (Å²) in [6, 6.07) is 6.56. The van der Waals surface area contributed by atoms with E-state index >= 15 is 0 Å². The fraction of sp³-hybridized carbons (Fsp3) is 0.462. The zero-order valence-corrected chi connectivity index (χ0v) is 11.2. The molecule has 0 bridgehead atoms. The highest BCUT2D eigenvalue weighted by Crippen LogP contribution is 2.32. The van der Waals surface area contributed by atoms with Crippen LogP contribution in [-0.2, 0) is 0 Å². The lowest BCUT2D eigenvalue weighted by atomic mass is 9.86. The summed E-state index contributed by atoms with van der Waals surface area (Å²) in [4.78, 5) is 8.12. The average molecular weight is 294 g/mol. The van der Waals surface area contributed by atoms with Crippen LogP contribution in [0, 0.1) is 0 Å². The van der Waals surface area contributed by atoms with E-state index in [2.05, 4.69) is 32.0 Å². The van der Waals surface area contributed by atoms with Crippen LogP contribution in [0.5, 0.6) is 0 Å². The lowest BCUT2D eigenvalue weighted by Crippen LogP contribution is -2.26. The lowest BCUT2D eigenvalue weighted by Gasteiger charge is -2.24. The van der Waals surface area contributed by atoms with Crippen LogP contribution in [0.25, 0.3) is 11.0 Å². The first kappa shape index (κ1) is 11.2. The highest BCUT2D eigenvalue weighted by atomic mass is 79.9. The van der Waals surface area contributed by atoms with Gasteiger partial charge in [0.15, 0.2) is 0 Å². The van der Waals surface area contributed by atoms with Gasteiger partial charge in [0.2, 0.25) is 0 Å². The Bertz CT molecular complexity index is 526. The molecule has 1 heterocycles. The van der Waals surface area contributed by atoms with Crippen LogP contribution in [-0.4, -0.2) is 16.0 Å². The number of halogens is 1. The second-order valence-corrected chi connectivity index (χ2v) is 5.81. The molecule has 1 aliphatic carbocycles. The molecule has 0 amide bonds. The van der Waals surface area contributed by atoms with Crippen molar-refractivity contribution in [2.24, 2.45) is 5.73 Å². The van der Waals surface area contributed by atoms with E-state index in [4.69, 9.17) is 5.73 Å². The van der Waals surface area contributed by atoms with Crippen LogP contribution in [0.2, 0.25) is 0 Å². The first-order chi connectivity index (χ1) is 8.22. The molecule has 3 rings (SSSR count). The number of imidazole rings is 1. The fourth-order valence-corrected chi connectivity index (χ4v) is 2.95. The van der Waals surface area contributed by atoms with Crippen LogP contribution in [0.15, 0.2) is 22.7 Å². The molecule has 0 atom stereocenters. The number of nitrogens with two attached hydrogens (primary N) is 1. The van der Waals surface area contributed by atoms with Gasteiger partial charge in [0.05, 0.1) is 11.0 Å². The van der Waals surface area contributed by atoms with Crippen molar-refractivity contribution < 1.29 is 0 Å². The normalized spacial score (nSPS) is 25.3. The Balaban J connectivity index is 1.90. The summed E-state index contributed by atoms with van der Waals surface area (Å²) in [7, 11) is 0. The highest BCUT2D eigenvalue weighted by molar-refractivity contribution is 9.10. The van der Waals surface area contributed by atoms with E-state index in [9.17, 15) is 0 Å². The first-order valence-corrected chi connectivity index (χ1v) is 6.92. The average Bonchev–Trinajstić information content (AvgIpc) is 2.72. The van der Waals surface area contributed by atoms with Crippen molar-refractivity contribution in [2.75, 3.05) is 0 Å². The Morgan fingerprint density at radius 2 is 2.00 bits per heavy atom. The smallest absolute Gasteiger partial charge is 0.110 e. The number of aromatic amines is 1. The van der Waals surface area contributed by atoms with Crippen molar-refractivity contribution in [3.63, 3.8) is 0 Å². The van der Waals surface area contributed by atoms with E-state index in [1.54, 1.807) is 0 Å². The predicted octanol–water partition coefficient (Wildman–Crippen LogP) is 3.31. The number of H-pyrrole nitrogens is 1. The van der Waals surface area contributed by atoms with Gasteiger partial charge in [-0.15, -0.1) is 0 Å². The molecule has 1 saturated carbocycles. The van der Waals surface area contributed by atoms with E-state index < -0.39 is 0 Å². The van der Waals surface area contributed by atoms with E-state index in [-0.39, 0.29) is 0 Å². The van der Waals surface area contributed by atoms with Crippen LogP contribution < -0.4 is 5.73 Å². The van der Waals surface area contributed by atoms with Gasteiger partial charge in [-0.3, -0.25) is 0 Å². The molecule has 1 aromatic heterocycles. The molecule has 1 aliphatic rings. The molecule has 0 aliphatic heterocycles. The van der Waals surface area contributed by atoms with E-state index in [0.717, 1.165) is 47.0 Å². The van der Waals surface area contributed by atoms with Gasteiger partial charge in [0, 0.05) is 16.4 Å². The number of hydrogen-bond donors (Lipinski definition) is 2. The second-order valence-electron chi connectivity index (χ2n) is 4.90. The molecule has 1 aromatic carbocycles. The summed E-state index contributed by atoms with van der Waals surface area (Å²) in [5, 5.41) is 0. The Hall–Kier alpha value is -0.870. The third-order valence-corrected chi connectivity index (χ3v) is 4.11. The molecular formula is C13H16BrN3. The highest BCUT2D eigenvalue weighted by Gasteiger charge is 2.22. The molecule has 3 N–H and O–H groups in total. The van der Waals surface area contributed by atoms with Crippen LogP contribution in [0.1, 0.15) is 37.4 Å². The monoisotopic (exact) mass is 293 g/mol. The Morgan fingerprint density at radius 3 is 2.76 bits per heavy atom. The number of fused-ring (bicyclic) bond motifs is 1.